The van der Waals surface area contributed by atoms with Crippen molar-refractivity contribution in [2.24, 2.45) is 0 Å². The molecule has 1 radical (unpaired) electrons. The average Bonchev–Trinajstić information content (AvgIpc) is 2.28. The van der Waals surface area contributed by atoms with Crippen molar-refractivity contribution in [3.8, 4) is 0 Å². The van der Waals surface area contributed by atoms with E-state index in [0.717, 1.165) is 6.42 Å². The highest BCUT2D eigenvalue weighted by atomic mass is 32.1. The zero-order chi connectivity index (χ0) is 6.81. The first-order valence-corrected chi connectivity index (χ1v) is 4.10. The van der Waals surface area contributed by atoms with Crippen molar-refractivity contribution in [1.29, 1.82) is 0 Å². The summed E-state index contributed by atoms with van der Waals surface area (Å²) < 4.78 is 0. The van der Waals surface area contributed by atoms with Gasteiger partial charge in [0.15, 0.2) is 0 Å². The van der Waals surface area contributed by atoms with Crippen molar-refractivity contribution in [1.82, 2.24) is 0 Å². The van der Waals surface area contributed by atoms with Crippen LogP contribution in [0.4, 0.5) is 0 Å². The smallest absolute Gasteiger partial charge is 0.0452 e. The maximum Gasteiger partial charge on any atom is 0.0452 e. The lowest BCUT2D eigenvalue weighted by atomic mass is 10.2. The Hall–Kier alpha value is -0.820. The molecule has 0 atom stereocenters. The summed E-state index contributed by atoms with van der Waals surface area (Å²) >= 11 is 1.69. The lowest BCUT2D eigenvalue weighted by molar-refractivity contribution is 1.30. The first kappa shape index (κ1) is 5.93. The van der Waals surface area contributed by atoms with Crippen molar-refractivity contribution < 1.29 is 0 Å². The molecule has 49 valence electrons. The molecule has 1 heteroatoms. The quantitative estimate of drug-likeness (QED) is 0.529. The van der Waals surface area contributed by atoms with Gasteiger partial charge < -0.3 is 0 Å². The number of fused-ring (bicyclic) bond motifs is 1. The van der Waals surface area contributed by atoms with Gasteiger partial charge in [0.2, 0.25) is 0 Å². The Morgan fingerprint density at radius 3 is 3.40 bits per heavy atom. The summed E-state index contributed by atoms with van der Waals surface area (Å²) in [5.41, 5.74) is 1.40. The second kappa shape index (κ2) is 2.43. The molecule has 10 heavy (non-hydrogen) atoms. The van der Waals surface area contributed by atoms with Crippen molar-refractivity contribution in [2.75, 3.05) is 0 Å². The van der Waals surface area contributed by atoms with E-state index in [4.69, 9.17) is 0 Å². The SMILES string of the molecule is [c]1cc2c(s1)C=CC=CC2. The second-order valence-corrected chi connectivity index (χ2v) is 3.12. The molecule has 0 unspecified atom stereocenters. The van der Waals surface area contributed by atoms with E-state index in [1.54, 1.807) is 11.3 Å². The minimum Gasteiger partial charge on any atom is -0.135 e. The fraction of sp³-hybridized carbons (Fsp3) is 0.111. The number of thiophene rings is 1. The first-order valence-electron chi connectivity index (χ1n) is 3.29. The van der Waals surface area contributed by atoms with Gasteiger partial charge in [-0.05, 0) is 24.1 Å². The van der Waals surface area contributed by atoms with Crippen molar-refractivity contribution in [2.45, 2.75) is 6.42 Å². The van der Waals surface area contributed by atoms with Gasteiger partial charge in [0.25, 0.3) is 0 Å². The first-order chi connectivity index (χ1) is 4.97. The van der Waals surface area contributed by atoms with Gasteiger partial charge in [-0.2, -0.15) is 0 Å². The Morgan fingerprint density at radius 1 is 1.40 bits per heavy atom. The molecule has 0 saturated carbocycles. The summed E-state index contributed by atoms with van der Waals surface area (Å²) in [5, 5.41) is 3.12. The van der Waals surface area contributed by atoms with Gasteiger partial charge in [0.05, 0.1) is 0 Å². The molecule has 0 aliphatic heterocycles. The van der Waals surface area contributed by atoms with E-state index < -0.39 is 0 Å². The van der Waals surface area contributed by atoms with Crippen LogP contribution in [0.25, 0.3) is 6.08 Å². The average molecular weight is 147 g/mol. The lowest BCUT2D eigenvalue weighted by Gasteiger charge is -1.89. The molecule has 1 aromatic heterocycles. The zero-order valence-electron chi connectivity index (χ0n) is 5.50. The summed E-state index contributed by atoms with van der Waals surface area (Å²) in [4.78, 5) is 1.35. The predicted octanol–water partition coefficient (Wildman–Crippen LogP) is 2.67. The van der Waals surface area contributed by atoms with Crippen LogP contribution in [0.5, 0.6) is 0 Å². The number of rotatable bonds is 0. The molecule has 0 bridgehead atoms. The van der Waals surface area contributed by atoms with E-state index in [9.17, 15) is 0 Å². The van der Waals surface area contributed by atoms with Crippen molar-refractivity contribution in [3.05, 3.63) is 40.1 Å². The largest absolute Gasteiger partial charge is 0.135 e. The van der Waals surface area contributed by atoms with E-state index in [-0.39, 0.29) is 0 Å². The maximum absolute atomic E-state index is 3.12. The van der Waals surface area contributed by atoms with Crippen LogP contribution in [-0.2, 0) is 6.42 Å². The minimum absolute atomic E-state index is 1.06. The Morgan fingerprint density at radius 2 is 2.40 bits per heavy atom. The molecule has 0 saturated heterocycles. The van der Waals surface area contributed by atoms with E-state index in [0.29, 0.717) is 0 Å². The van der Waals surface area contributed by atoms with Gasteiger partial charge in [-0.1, -0.05) is 18.2 Å². The van der Waals surface area contributed by atoms with Crippen LogP contribution in [-0.4, -0.2) is 0 Å². The predicted molar refractivity (Wildman–Crippen MR) is 45.0 cm³/mol. The topological polar surface area (TPSA) is 0 Å². The Balaban J connectivity index is 2.50. The van der Waals surface area contributed by atoms with Crippen molar-refractivity contribution >= 4 is 17.4 Å². The molecule has 1 aliphatic rings. The number of allylic oxidation sites excluding steroid dienone is 3. The highest BCUT2D eigenvalue weighted by Crippen LogP contribution is 2.20. The fourth-order valence-corrected chi connectivity index (χ4v) is 1.77. The Labute approximate surface area is 64.5 Å². The molecule has 1 aliphatic carbocycles. The molecule has 0 amide bonds. The molecule has 0 nitrogen and oxygen atoms in total. The van der Waals surface area contributed by atoms with E-state index in [1.165, 1.54) is 10.4 Å². The van der Waals surface area contributed by atoms with Gasteiger partial charge >= 0.3 is 0 Å². The molecule has 1 aromatic rings. The molecule has 1 heterocycles. The van der Waals surface area contributed by atoms with Crippen LogP contribution >= 0.6 is 11.3 Å². The molecule has 0 spiro atoms. The summed E-state index contributed by atoms with van der Waals surface area (Å²) in [5.74, 6) is 0. The molecule has 0 fully saturated rings. The standard InChI is InChI=1S/C9H7S/c1-2-4-8-6-7-10-9(8)5-3-1/h1-3,5-6H,4H2. The van der Waals surface area contributed by atoms with E-state index in [2.05, 4.69) is 35.8 Å². The molecular weight excluding hydrogens is 140 g/mol. The molecular formula is C9H7S. The molecule has 0 N–H and O–H groups in total. The van der Waals surface area contributed by atoms with Gasteiger partial charge in [-0.25, -0.2) is 0 Å². The maximum atomic E-state index is 3.12. The lowest BCUT2D eigenvalue weighted by Crippen LogP contribution is -1.75. The second-order valence-electron chi connectivity index (χ2n) is 2.25. The van der Waals surface area contributed by atoms with Gasteiger partial charge in [0.1, 0.15) is 0 Å². The third-order valence-electron chi connectivity index (χ3n) is 1.55. The van der Waals surface area contributed by atoms with E-state index in [1.807, 2.05) is 0 Å². The molecule has 2 rings (SSSR count). The van der Waals surface area contributed by atoms with Gasteiger partial charge in [0, 0.05) is 10.3 Å². The van der Waals surface area contributed by atoms with Gasteiger partial charge in [-0.15, -0.1) is 11.3 Å². The zero-order valence-corrected chi connectivity index (χ0v) is 6.32. The van der Waals surface area contributed by atoms with Crippen molar-refractivity contribution in [3.63, 3.8) is 0 Å². The Bertz CT molecular complexity index is 279. The third-order valence-corrected chi connectivity index (χ3v) is 2.40. The normalized spacial score (nSPS) is 14.8. The third kappa shape index (κ3) is 0.929. The minimum atomic E-state index is 1.06. The number of hydrogen-bond donors (Lipinski definition) is 0. The highest BCUT2D eigenvalue weighted by molar-refractivity contribution is 7.10. The van der Waals surface area contributed by atoms with Crippen LogP contribution in [0.1, 0.15) is 10.4 Å². The monoisotopic (exact) mass is 147 g/mol. The summed E-state index contributed by atoms with van der Waals surface area (Å²) in [6.45, 7) is 0. The Kier molecular flexibility index (Phi) is 1.44. The summed E-state index contributed by atoms with van der Waals surface area (Å²) in [6.07, 6.45) is 9.54. The number of hydrogen-bond acceptors (Lipinski definition) is 1. The van der Waals surface area contributed by atoms with Crippen LogP contribution in [0, 0.1) is 5.38 Å². The van der Waals surface area contributed by atoms with Gasteiger partial charge in [-0.3, -0.25) is 0 Å². The van der Waals surface area contributed by atoms with Crippen LogP contribution in [0.15, 0.2) is 24.3 Å². The summed E-state index contributed by atoms with van der Waals surface area (Å²) in [6, 6.07) is 2.07. The van der Waals surface area contributed by atoms with Crippen LogP contribution < -0.4 is 0 Å². The fourth-order valence-electron chi connectivity index (χ4n) is 1.02. The molecule has 0 aromatic carbocycles. The summed E-state index contributed by atoms with van der Waals surface area (Å²) in [7, 11) is 0. The van der Waals surface area contributed by atoms with Crippen LogP contribution in [0.3, 0.4) is 0 Å². The van der Waals surface area contributed by atoms with E-state index >= 15 is 0 Å². The van der Waals surface area contributed by atoms with Crippen LogP contribution in [0.2, 0.25) is 0 Å². The highest BCUT2D eigenvalue weighted by Gasteiger charge is 1.99.